The van der Waals surface area contributed by atoms with Crippen molar-refractivity contribution in [1.82, 2.24) is 0 Å². The number of Topliss-reactive ketones (excluding diaryl/α,β-unsaturated/α-hetero) is 1. The molecule has 1 fully saturated rings. The van der Waals surface area contributed by atoms with E-state index in [1.165, 1.54) is 0 Å². The maximum atomic E-state index is 15.7. The van der Waals surface area contributed by atoms with Crippen LogP contribution in [0.3, 0.4) is 0 Å². The highest BCUT2D eigenvalue weighted by Crippen LogP contribution is 2.64. The van der Waals surface area contributed by atoms with Crippen molar-refractivity contribution >= 4 is 29.1 Å². The number of aliphatic hydroxyl groups is 1. The highest BCUT2D eigenvalue weighted by Gasteiger charge is 2.54. The zero-order chi connectivity index (χ0) is 25.3. The number of aryl methyl sites for hydroxylation is 2. The number of carbonyl (C=O) groups excluding carboxylic acids is 1. The molecule has 0 amide bonds. The van der Waals surface area contributed by atoms with E-state index < -0.39 is 12.7 Å². The van der Waals surface area contributed by atoms with Crippen molar-refractivity contribution in [1.29, 1.82) is 0 Å². The fraction of sp³-hybridized carbons (Fsp3) is 0.156. The van der Waals surface area contributed by atoms with Crippen LogP contribution in [0.1, 0.15) is 39.9 Å². The summed E-state index contributed by atoms with van der Waals surface area (Å²) in [6.45, 7) is 3.93. The van der Waals surface area contributed by atoms with Gasteiger partial charge in [0.25, 0.3) is 0 Å². The van der Waals surface area contributed by atoms with Crippen molar-refractivity contribution < 1.29 is 14.5 Å². The van der Waals surface area contributed by atoms with Crippen LogP contribution in [-0.4, -0.2) is 16.5 Å². The molecule has 1 N–H and O–H groups in total. The van der Waals surface area contributed by atoms with Gasteiger partial charge in [-0.05, 0) is 44.4 Å². The molecule has 0 heterocycles. The van der Waals surface area contributed by atoms with Gasteiger partial charge < -0.3 is 9.67 Å². The fourth-order valence-electron chi connectivity index (χ4n) is 4.81. The standard InChI is InChI=1S/C32H29O3P/c1-23-11-9-17-27(21-23)36(35,28-18-10-12-24(2)22-28)31(32(34)19-20-32)29(25-13-5-3-6-14-25)30(33)26-15-7-4-8-16-26/h3-18,21-22,34H,19-20H2,1-2H3/b31-29-. The van der Waals surface area contributed by atoms with Crippen molar-refractivity contribution in [3.05, 3.63) is 137 Å². The predicted molar refractivity (Wildman–Crippen MR) is 148 cm³/mol. The Morgan fingerprint density at radius 2 is 1.17 bits per heavy atom. The summed E-state index contributed by atoms with van der Waals surface area (Å²) in [6, 6.07) is 33.7. The van der Waals surface area contributed by atoms with E-state index in [4.69, 9.17) is 0 Å². The molecule has 4 heteroatoms. The Kier molecular flexibility index (Phi) is 6.38. The lowest BCUT2D eigenvalue weighted by atomic mass is 9.94. The van der Waals surface area contributed by atoms with E-state index in [1.807, 2.05) is 111 Å². The summed E-state index contributed by atoms with van der Waals surface area (Å²) in [5.74, 6) is -0.238. The molecule has 180 valence electrons. The molecule has 1 aliphatic carbocycles. The van der Waals surface area contributed by atoms with E-state index >= 15 is 4.57 Å². The summed E-state index contributed by atoms with van der Waals surface area (Å²) in [5, 5.41) is 13.4. The Balaban J connectivity index is 1.93. The minimum absolute atomic E-state index is 0.238. The third-order valence-electron chi connectivity index (χ3n) is 6.77. The van der Waals surface area contributed by atoms with E-state index in [1.54, 1.807) is 12.1 Å². The van der Waals surface area contributed by atoms with E-state index in [2.05, 4.69) is 0 Å². The lowest BCUT2D eigenvalue weighted by molar-refractivity contribution is 0.105. The van der Waals surface area contributed by atoms with Crippen LogP contribution in [0, 0.1) is 13.8 Å². The highest BCUT2D eigenvalue weighted by atomic mass is 31.2. The molecular weight excluding hydrogens is 463 g/mol. The van der Waals surface area contributed by atoms with Crippen LogP contribution in [0.15, 0.2) is 115 Å². The van der Waals surface area contributed by atoms with Gasteiger partial charge in [-0.25, -0.2) is 0 Å². The van der Waals surface area contributed by atoms with Gasteiger partial charge in [-0.2, -0.15) is 0 Å². The number of carbonyl (C=O) groups is 1. The van der Waals surface area contributed by atoms with Crippen LogP contribution in [0.25, 0.3) is 5.57 Å². The molecule has 0 aromatic heterocycles. The van der Waals surface area contributed by atoms with Crippen molar-refractivity contribution in [3.8, 4) is 0 Å². The molecule has 3 nitrogen and oxygen atoms in total. The molecule has 4 aromatic carbocycles. The zero-order valence-electron chi connectivity index (χ0n) is 20.5. The van der Waals surface area contributed by atoms with Crippen molar-refractivity contribution in [2.75, 3.05) is 0 Å². The largest absolute Gasteiger partial charge is 0.385 e. The molecule has 0 spiro atoms. The summed E-state index contributed by atoms with van der Waals surface area (Å²) < 4.78 is 15.7. The van der Waals surface area contributed by atoms with E-state index in [-0.39, 0.29) is 5.78 Å². The maximum Gasteiger partial charge on any atom is 0.194 e. The van der Waals surface area contributed by atoms with E-state index in [0.717, 1.165) is 11.1 Å². The van der Waals surface area contributed by atoms with Crippen molar-refractivity contribution in [3.63, 3.8) is 0 Å². The van der Waals surface area contributed by atoms with Crippen LogP contribution in [0.4, 0.5) is 0 Å². The minimum atomic E-state index is -3.63. The summed E-state index contributed by atoms with van der Waals surface area (Å²) in [4.78, 5) is 14.2. The lowest BCUT2D eigenvalue weighted by Gasteiger charge is -2.29. The summed E-state index contributed by atoms with van der Waals surface area (Å²) in [5.41, 5.74) is 2.10. The van der Waals surface area contributed by atoms with Gasteiger partial charge in [-0.3, -0.25) is 4.79 Å². The Morgan fingerprint density at radius 1 is 0.694 bits per heavy atom. The maximum absolute atomic E-state index is 15.7. The van der Waals surface area contributed by atoms with Gasteiger partial charge in [-0.15, -0.1) is 0 Å². The molecule has 0 radical (unpaired) electrons. The normalized spacial score (nSPS) is 15.2. The first-order valence-corrected chi connectivity index (χ1v) is 13.9. The minimum Gasteiger partial charge on any atom is -0.385 e. The van der Waals surface area contributed by atoms with Gasteiger partial charge >= 0.3 is 0 Å². The third kappa shape index (κ3) is 4.41. The molecule has 1 aliphatic rings. The third-order valence-corrected chi connectivity index (χ3v) is 10.1. The van der Waals surface area contributed by atoms with Gasteiger partial charge in [0.05, 0.1) is 5.60 Å². The number of rotatable bonds is 7. The second-order valence-electron chi connectivity index (χ2n) is 9.60. The van der Waals surface area contributed by atoms with Gasteiger partial charge in [0, 0.05) is 27.1 Å². The van der Waals surface area contributed by atoms with Crippen LogP contribution in [0.2, 0.25) is 0 Å². The fourth-order valence-corrected chi connectivity index (χ4v) is 8.34. The van der Waals surface area contributed by atoms with Gasteiger partial charge in [0.2, 0.25) is 0 Å². The highest BCUT2D eigenvalue weighted by molar-refractivity contribution is 7.82. The van der Waals surface area contributed by atoms with Gasteiger partial charge in [0.15, 0.2) is 12.9 Å². The SMILES string of the molecule is Cc1cccc(P(=O)(/C(=C(\C(=O)c2ccccc2)c2ccccc2)C2(O)CC2)c2cccc(C)c2)c1. The quantitative estimate of drug-likeness (QED) is 0.184. The molecular formula is C32H29O3P. The van der Waals surface area contributed by atoms with E-state index in [9.17, 15) is 9.90 Å². The van der Waals surface area contributed by atoms with Crippen LogP contribution in [-0.2, 0) is 4.57 Å². The molecule has 0 bridgehead atoms. The Morgan fingerprint density at radius 3 is 1.61 bits per heavy atom. The summed E-state index contributed by atoms with van der Waals surface area (Å²) >= 11 is 0. The molecule has 0 saturated heterocycles. The topological polar surface area (TPSA) is 54.4 Å². The summed E-state index contributed by atoms with van der Waals surface area (Å²) in [7, 11) is -3.63. The average molecular weight is 493 g/mol. The average Bonchev–Trinajstić information content (AvgIpc) is 3.65. The van der Waals surface area contributed by atoms with Gasteiger partial charge in [0.1, 0.15) is 0 Å². The summed E-state index contributed by atoms with van der Waals surface area (Å²) in [6.07, 6.45) is 0.921. The van der Waals surface area contributed by atoms with Crippen molar-refractivity contribution in [2.24, 2.45) is 0 Å². The van der Waals surface area contributed by atoms with Crippen LogP contribution in [0.5, 0.6) is 0 Å². The molecule has 5 rings (SSSR count). The number of benzene rings is 4. The lowest BCUT2D eigenvalue weighted by Crippen LogP contribution is -2.27. The Hall–Kier alpha value is -3.52. The molecule has 1 saturated carbocycles. The molecule has 36 heavy (non-hydrogen) atoms. The smallest absolute Gasteiger partial charge is 0.194 e. The molecule has 0 atom stereocenters. The number of ketones is 1. The molecule has 4 aromatic rings. The van der Waals surface area contributed by atoms with Crippen molar-refractivity contribution in [2.45, 2.75) is 32.3 Å². The Labute approximate surface area is 212 Å². The first-order valence-electron chi connectivity index (χ1n) is 12.2. The van der Waals surface area contributed by atoms with E-state index in [0.29, 0.717) is 45.5 Å². The second-order valence-corrected chi connectivity index (χ2v) is 12.3. The number of allylic oxidation sites excluding steroid dienone is 1. The monoisotopic (exact) mass is 492 g/mol. The molecule has 0 unspecified atom stereocenters. The number of hydrogen-bond donors (Lipinski definition) is 1. The predicted octanol–water partition coefficient (Wildman–Crippen LogP) is 6.44. The van der Waals surface area contributed by atoms with Crippen LogP contribution >= 0.6 is 7.14 Å². The van der Waals surface area contributed by atoms with Gasteiger partial charge in [-0.1, -0.05) is 108 Å². The molecule has 0 aliphatic heterocycles. The first kappa shape index (κ1) is 24.2. The first-order chi connectivity index (χ1) is 17.3. The number of hydrogen-bond acceptors (Lipinski definition) is 3. The zero-order valence-corrected chi connectivity index (χ0v) is 21.4. The van der Waals surface area contributed by atoms with Crippen LogP contribution < -0.4 is 10.6 Å². The Bertz CT molecular complexity index is 1450. The second kappa shape index (κ2) is 9.50.